The number of ether oxygens (including phenoxy) is 6. The highest BCUT2D eigenvalue weighted by Crippen LogP contribution is 2.45. The molecule has 4 fully saturated rings. The van der Waals surface area contributed by atoms with Crippen LogP contribution in [0.25, 0.3) is 0 Å². The summed E-state index contributed by atoms with van der Waals surface area (Å²) in [5.74, 6) is -4.87. The molecule has 6 rings (SSSR count). The fraction of sp³-hybridized carbons (Fsp3) is 0.808. The Morgan fingerprint density at radius 1 is 0.932 bits per heavy atom. The van der Waals surface area contributed by atoms with E-state index in [9.17, 15) is 43.9 Å². The zero-order chi connectivity index (χ0) is 54.1. The summed E-state index contributed by atoms with van der Waals surface area (Å²) in [6.45, 7) is 19.0. The van der Waals surface area contributed by atoms with Crippen molar-refractivity contribution in [2.75, 3.05) is 45.7 Å². The molecule has 1 aromatic heterocycles. The molecular weight excluding hydrogens is 955 g/mol. The number of nitrogens with zero attached hydrogens (tertiary/aromatic N) is 6. The van der Waals surface area contributed by atoms with E-state index in [1.807, 2.05) is 44.7 Å². The highest BCUT2D eigenvalue weighted by Gasteiger charge is 2.55. The van der Waals surface area contributed by atoms with Gasteiger partial charge in [0.05, 0.1) is 66.0 Å². The number of carbonyl (C=O) groups is 2. The molecule has 4 saturated heterocycles. The number of esters is 1. The standard InChI is InChI=1S/C52H84F2N6O13/c1-14-41-52(10,67)44(62)32(6)58(12)24-28(2)22-50(8,66)46(30(4)42(31(5)47(64)72-41)40-23-51(9,68-13)45(63)33(7)70-40)73-48-43(61)39(18-29(3)69-48)57(11)17-15-16-36-25-59(56-55-36)26-38-27-60(49(65)71-38)37-20-34(53)19-35(54)21-37/h19-21,25,28-33,38-46,48,61-63,66-67H,14-18,22-24,26-27H2,1-13H3/t28-,29-,30+,31-,32-,33+,38?,39+,40?,41-,42+,43-,44-,45+,46-,48+,50-,51-,52-/m1/s1. The van der Waals surface area contributed by atoms with Crippen LogP contribution in [0.4, 0.5) is 19.3 Å². The summed E-state index contributed by atoms with van der Waals surface area (Å²) in [6, 6.07) is 1.85. The number of aliphatic hydroxyl groups excluding tert-OH is 3. The van der Waals surface area contributed by atoms with Crippen LogP contribution in [0.2, 0.25) is 0 Å². The third-order valence-electron chi connectivity index (χ3n) is 16.4. The van der Waals surface area contributed by atoms with Crippen molar-refractivity contribution in [1.82, 2.24) is 24.8 Å². The van der Waals surface area contributed by atoms with Gasteiger partial charge in [-0.05, 0) is 118 Å². The number of hydrogen-bond donors (Lipinski definition) is 5. The first-order valence-electron chi connectivity index (χ1n) is 26.0. The van der Waals surface area contributed by atoms with E-state index in [0.29, 0.717) is 38.0 Å². The van der Waals surface area contributed by atoms with Gasteiger partial charge in [0, 0.05) is 50.3 Å². The molecule has 1 aromatic carbocycles. The predicted octanol–water partition coefficient (Wildman–Crippen LogP) is 4.07. The lowest BCUT2D eigenvalue weighted by Crippen LogP contribution is -2.62. The molecule has 19 atom stereocenters. The van der Waals surface area contributed by atoms with Crippen LogP contribution in [0, 0.1) is 35.3 Å². The Morgan fingerprint density at radius 2 is 1.60 bits per heavy atom. The van der Waals surface area contributed by atoms with Gasteiger partial charge in [0.2, 0.25) is 0 Å². The second-order valence-electron chi connectivity index (χ2n) is 22.5. The molecule has 1 amide bonds. The Morgan fingerprint density at radius 3 is 2.25 bits per heavy atom. The van der Waals surface area contributed by atoms with Crippen LogP contribution in [-0.2, 0) is 46.2 Å². The van der Waals surface area contributed by atoms with E-state index < -0.39 is 125 Å². The SMILES string of the molecule is CC[C@H]1OC(=O)[C@H](C)[C@@H](C2C[C@@](C)(OC)[C@@H](O)[C@H](C)O2)[C@H](C)[C@@H](O[C@@H]2O[C@H](C)C[C@H](N(C)CCCc3cn(CC4CN(c5cc(F)cc(F)c5)C(=O)O4)nn3)[C@H]2O)[C@](C)(O)C[C@@H](C)CN(C)[C@H](C)[C@@H](O)[C@]1(C)O. The molecule has 0 saturated carbocycles. The summed E-state index contributed by atoms with van der Waals surface area (Å²) < 4.78 is 66.9. The highest BCUT2D eigenvalue weighted by molar-refractivity contribution is 5.89. The Kier molecular flexibility index (Phi) is 19.2. The molecule has 414 valence electrons. The second-order valence-corrected chi connectivity index (χ2v) is 22.5. The number of benzene rings is 1. The first-order chi connectivity index (χ1) is 34.1. The summed E-state index contributed by atoms with van der Waals surface area (Å²) in [5.41, 5.74) is -3.78. The molecule has 4 aliphatic heterocycles. The molecule has 73 heavy (non-hydrogen) atoms. The van der Waals surface area contributed by atoms with Gasteiger partial charge in [-0.15, -0.1) is 5.10 Å². The minimum atomic E-state index is -1.83. The van der Waals surface area contributed by atoms with Crippen molar-refractivity contribution in [3.63, 3.8) is 0 Å². The quantitative estimate of drug-likeness (QED) is 0.178. The summed E-state index contributed by atoms with van der Waals surface area (Å²) in [5, 5.41) is 68.6. The molecule has 4 aliphatic rings. The fourth-order valence-electron chi connectivity index (χ4n) is 12.2. The molecule has 0 spiro atoms. The van der Waals surface area contributed by atoms with Crippen molar-refractivity contribution >= 4 is 17.7 Å². The molecule has 5 heterocycles. The number of methoxy groups -OCH3 is 1. The molecule has 21 heteroatoms. The van der Waals surface area contributed by atoms with Crippen LogP contribution in [0.5, 0.6) is 0 Å². The molecular formula is C52H84F2N6O13. The first kappa shape index (κ1) is 58.8. The van der Waals surface area contributed by atoms with E-state index >= 15 is 0 Å². The van der Waals surface area contributed by atoms with E-state index in [0.717, 1.165) is 18.2 Å². The third-order valence-corrected chi connectivity index (χ3v) is 16.4. The Labute approximate surface area is 429 Å². The van der Waals surface area contributed by atoms with E-state index in [1.165, 1.54) is 18.9 Å². The Balaban J connectivity index is 1.21. The summed E-state index contributed by atoms with van der Waals surface area (Å²) in [4.78, 5) is 32.3. The van der Waals surface area contributed by atoms with Crippen molar-refractivity contribution in [3.05, 3.63) is 41.7 Å². The number of hydrogen-bond acceptors (Lipinski definition) is 17. The van der Waals surface area contributed by atoms with E-state index in [-0.39, 0.29) is 50.1 Å². The van der Waals surface area contributed by atoms with E-state index in [1.54, 1.807) is 52.4 Å². The van der Waals surface area contributed by atoms with Crippen LogP contribution in [0.15, 0.2) is 24.4 Å². The third kappa shape index (κ3) is 13.4. The number of anilines is 1. The largest absolute Gasteiger partial charge is 0.459 e. The maximum absolute atomic E-state index is 14.6. The van der Waals surface area contributed by atoms with Gasteiger partial charge < -0.3 is 63.8 Å². The zero-order valence-corrected chi connectivity index (χ0v) is 45.1. The average Bonchev–Trinajstić information content (AvgIpc) is 3.92. The van der Waals surface area contributed by atoms with Crippen LogP contribution in [0.3, 0.4) is 0 Å². The molecule has 0 radical (unpaired) electrons. The van der Waals surface area contributed by atoms with Gasteiger partial charge in [-0.25, -0.2) is 18.3 Å². The van der Waals surface area contributed by atoms with Gasteiger partial charge >= 0.3 is 12.1 Å². The van der Waals surface area contributed by atoms with E-state index in [4.69, 9.17) is 28.4 Å². The summed E-state index contributed by atoms with van der Waals surface area (Å²) in [6.07, 6.45) is -6.11. The van der Waals surface area contributed by atoms with Crippen molar-refractivity contribution < 1.29 is 72.3 Å². The average molecular weight is 1040 g/mol. The van der Waals surface area contributed by atoms with Gasteiger partial charge in [0.15, 0.2) is 6.29 Å². The van der Waals surface area contributed by atoms with Gasteiger partial charge in [0.25, 0.3) is 0 Å². The number of halogens is 2. The topological polar surface area (TPSA) is 231 Å². The lowest BCUT2D eigenvalue weighted by atomic mass is 9.68. The van der Waals surface area contributed by atoms with E-state index in [2.05, 4.69) is 10.3 Å². The summed E-state index contributed by atoms with van der Waals surface area (Å²) >= 11 is 0. The number of likely N-dealkylation sites (N-methyl/N-ethyl adjacent to an activating group) is 2. The van der Waals surface area contributed by atoms with Crippen LogP contribution in [-0.4, -0.2) is 193 Å². The van der Waals surface area contributed by atoms with Gasteiger partial charge in [-0.3, -0.25) is 9.69 Å². The van der Waals surface area contributed by atoms with Crippen LogP contribution < -0.4 is 4.90 Å². The number of cyclic esters (lactones) is 2. The van der Waals surface area contributed by atoms with Crippen LogP contribution >= 0.6 is 0 Å². The number of rotatable bonds is 13. The maximum Gasteiger partial charge on any atom is 0.414 e. The molecule has 0 bridgehead atoms. The first-order valence-corrected chi connectivity index (χ1v) is 26.0. The minimum absolute atomic E-state index is 0.0607. The fourth-order valence-corrected chi connectivity index (χ4v) is 12.2. The number of aromatic nitrogens is 3. The van der Waals surface area contributed by atoms with Gasteiger partial charge in [-0.2, -0.15) is 0 Å². The van der Waals surface area contributed by atoms with Gasteiger partial charge in [-0.1, -0.05) is 32.9 Å². The lowest BCUT2D eigenvalue weighted by Gasteiger charge is -2.51. The maximum atomic E-state index is 14.6. The summed E-state index contributed by atoms with van der Waals surface area (Å²) in [7, 11) is 5.26. The van der Waals surface area contributed by atoms with Crippen molar-refractivity contribution in [2.45, 2.75) is 204 Å². The lowest BCUT2D eigenvalue weighted by molar-refractivity contribution is -0.303. The van der Waals surface area contributed by atoms with Crippen LogP contribution in [0.1, 0.15) is 107 Å². The monoisotopic (exact) mass is 1040 g/mol. The Bertz CT molecular complexity index is 2140. The number of carbonyl (C=O) groups excluding carboxylic acids is 2. The second kappa shape index (κ2) is 23.8. The highest BCUT2D eigenvalue weighted by atomic mass is 19.1. The molecule has 19 nitrogen and oxygen atoms in total. The van der Waals surface area contributed by atoms with Crippen molar-refractivity contribution in [2.24, 2.45) is 23.7 Å². The number of amides is 1. The molecule has 2 aromatic rings. The van der Waals surface area contributed by atoms with Gasteiger partial charge in [0.1, 0.15) is 47.8 Å². The zero-order valence-electron chi connectivity index (χ0n) is 45.1. The Hall–Kier alpha value is -3.48. The van der Waals surface area contributed by atoms with Crippen molar-refractivity contribution in [1.29, 1.82) is 0 Å². The molecule has 0 aliphatic carbocycles. The predicted molar refractivity (Wildman–Crippen MR) is 264 cm³/mol. The number of aryl methyl sites for hydroxylation is 1. The minimum Gasteiger partial charge on any atom is -0.459 e. The molecule has 2 unspecified atom stereocenters. The number of aliphatic hydroxyl groups is 5. The van der Waals surface area contributed by atoms with Crippen molar-refractivity contribution in [3.8, 4) is 0 Å². The normalized spacial score (nSPS) is 40.8. The smallest absolute Gasteiger partial charge is 0.414 e. The molecule has 5 N–H and O–H groups in total.